The van der Waals surface area contributed by atoms with Gasteiger partial charge in [-0.15, -0.1) is 0 Å². The van der Waals surface area contributed by atoms with Crippen LogP contribution in [-0.2, 0) is 7.05 Å². The molecule has 3 heteroatoms. The Bertz CT molecular complexity index is 1190. The van der Waals surface area contributed by atoms with Crippen molar-refractivity contribution in [3.8, 4) is 17.3 Å². The van der Waals surface area contributed by atoms with E-state index in [0.29, 0.717) is 5.56 Å². The van der Waals surface area contributed by atoms with Crippen LogP contribution in [-0.4, -0.2) is 0 Å². The van der Waals surface area contributed by atoms with Crippen molar-refractivity contribution in [3.05, 3.63) is 64.8 Å². The van der Waals surface area contributed by atoms with Gasteiger partial charge in [0.25, 0.3) is 0 Å². The minimum Gasteiger partial charge on any atom is -0.455 e. The quantitative estimate of drug-likeness (QED) is 0.468. The number of pyridine rings is 1. The number of benzene rings is 2. The number of furan rings is 1. The molecule has 0 aliphatic carbocycles. The maximum Gasteiger partial charge on any atom is 0.216 e. The zero-order valence-electron chi connectivity index (χ0n) is 14.8. The Balaban J connectivity index is 2.12. The molecule has 0 bridgehead atoms. The lowest BCUT2D eigenvalue weighted by molar-refractivity contribution is -0.660. The monoisotopic (exact) mass is 327 g/mol. The summed E-state index contributed by atoms with van der Waals surface area (Å²) >= 11 is 0. The molecule has 0 aliphatic rings. The highest BCUT2D eigenvalue weighted by Gasteiger charge is 2.21. The fourth-order valence-electron chi connectivity index (χ4n) is 3.46. The summed E-state index contributed by atoms with van der Waals surface area (Å²) in [4.78, 5) is 0. The molecule has 2 aromatic heterocycles. The number of aromatic nitrogens is 1. The molecular formula is C22H19N2O+. The van der Waals surface area contributed by atoms with Crippen molar-refractivity contribution in [1.82, 2.24) is 0 Å². The van der Waals surface area contributed by atoms with Gasteiger partial charge in [-0.05, 0) is 50.1 Å². The van der Waals surface area contributed by atoms with Gasteiger partial charge in [-0.1, -0.05) is 12.1 Å². The third-order valence-electron chi connectivity index (χ3n) is 4.98. The van der Waals surface area contributed by atoms with Gasteiger partial charge in [0.1, 0.15) is 18.2 Å². The second kappa shape index (κ2) is 5.46. The molecule has 0 N–H and O–H groups in total. The highest BCUT2D eigenvalue weighted by atomic mass is 16.3. The van der Waals surface area contributed by atoms with Gasteiger partial charge in [0.2, 0.25) is 5.69 Å². The molecule has 25 heavy (non-hydrogen) atoms. The Hall–Kier alpha value is -3.12. The maximum absolute atomic E-state index is 9.15. The molecule has 0 fully saturated rings. The Morgan fingerprint density at radius 2 is 1.68 bits per heavy atom. The smallest absolute Gasteiger partial charge is 0.216 e. The van der Waals surface area contributed by atoms with E-state index in [1.807, 2.05) is 18.2 Å². The Morgan fingerprint density at radius 1 is 0.920 bits per heavy atom. The Labute approximate surface area is 146 Å². The standard InChI is InChI=1S/C22H19N2O/c1-13-5-7-18-17-8-6-16(11-23)10-20(17)25-22(18)21(13)19-9-14(2)15(3)12-24(19)4/h5-10,12H,1-4H3/q+1. The lowest BCUT2D eigenvalue weighted by Crippen LogP contribution is -2.31. The molecular weight excluding hydrogens is 308 g/mol. The van der Waals surface area contributed by atoms with E-state index in [-0.39, 0.29) is 0 Å². The molecule has 0 aliphatic heterocycles. The molecule has 3 nitrogen and oxygen atoms in total. The summed E-state index contributed by atoms with van der Waals surface area (Å²) in [5.74, 6) is 0. The van der Waals surface area contributed by atoms with Crippen LogP contribution in [0.15, 0.2) is 47.0 Å². The second-order valence-corrected chi connectivity index (χ2v) is 6.69. The first kappa shape index (κ1) is 15.4. The molecule has 0 unspecified atom stereocenters. The number of aryl methyl sites for hydroxylation is 4. The van der Waals surface area contributed by atoms with Crippen molar-refractivity contribution in [3.63, 3.8) is 0 Å². The van der Waals surface area contributed by atoms with Crippen LogP contribution in [0.1, 0.15) is 22.3 Å². The van der Waals surface area contributed by atoms with E-state index in [1.54, 1.807) is 0 Å². The summed E-state index contributed by atoms with van der Waals surface area (Å²) in [6, 6.07) is 14.3. The van der Waals surface area contributed by atoms with Gasteiger partial charge in [0.15, 0.2) is 6.20 Å². The Kier molecular flexibility index (Phi) is 3.36. The average Bonchev–Trinajstić information content (AvgIpc) is 2.96. The molecule has 2 aromatic carbocycles. The van der Waals surface area contributed by atoms with Crippen LogP contribution in [0.5, 0.6) is 0 Å². The van der Waals surface area contributed by atoms with E-state index in [2.05, 4.69) is 62.9 Å². The number of nitrogens with zero attached hydrogens (tertiary/aromatic N) is 2. The normalized spacial score (nSPS) is 11.2. The SMILES string of the molecule is Cc1cc(-c2c(C)ccc3c2oc2cc(C#N)ccc23)[n+](C)cc1C. The first-order valence-electron chi connectivity index (χ1n) is 8.33. The van der Waals surface area contributed by atoms with E-state index < -0.39 is 0 Å². The highest BCUT2D eigenvalue weighted by Crippen LogP contribution is 2.37. The van der Waals surface area contributed by atoms with E-state index in [9.17, 15) is 0 Å². The summed E-state index contributed by atoms with van der Waals surface area (Å²) in [6.07, 6.45) is 2.15. The highest BCUT2D eigenvalue weighted by molar-refractivity contribution is 6.09. The molecule has 0 amide bonds. The van der Waals surface area contributed by atoms with Gasteiger partial charge in [-0.25, -0.2) is 4.57 Å². The third kappa shape index (κ3) is 2.30. The molecule has 122 valence electrons. The van der Waals surface area contributed by atoms with Gasteiger partial charge in [-0.3, -0.25) is 0 Å². The lowest BCUT2D eigenvalue weighted by Gasteiger charge is -2.07. The Morgan fingerprint density at radius 3 is 2.44 bits per heavy atom. The number of fused-ring (bicyclic) bond motifs is 3. The zero-order chi connectivity index (χ0) is 17.7. The van der Waals surface area contributed by atoms with E-state index >= 15 is 0 Å². The summed E-state index contributed by atoms with van der Waals surface area (Å²) in [5.41, 5.74) is 8.18. The van der Waals surface area contributed by atoms with Crippen LogP contribution in [0, 0.1) is 32.1 Å². The number of hydrogen-bond donors (Lipinski definition) is 0. The van der Waals surface area contributed by atoms with Gasteiger partial charge >= 0.3 is 0 Å². The average molecular weight is 327 g/mol. The van der Waals surface area contributed by atoms with Crippen molar-refractivity contribution in [2.45, 2.75) is 20.8 Å². The fourth-order valence-corrected chi connectivity index (χ4v) is 3.46. The van der Waals surface area contributed by atoms with E-state index in [1.165, 1.54) is 16.7 Å². The number of rotatable bonds is 1. The molecule has 2 heterocycles. The molecule has 0 saturated heterocycles. The van der Waals surface area contributed by atoms with Crippen LogP contribution in [0.4, 0.5) is 0 Å². The van der Waals surface area contributed by atoms with Crippen LogP contribution >= 0.6 is 0 Å². The second-order valence-electron chi connectivity index (χ2n) is 6.69. The molecule has 4 aromatic rings. The maximum atomic E-state index is 9.15. The van der Waals surface area contributed by atoms with Gasteiger partial charge in [0, 0.05) is 22.4 Å². The summed E-state index contributed by atoms with van der Waals surface area (Å²) in [5, 5.41) is 11.3. The molecule has 0 radical (unpaired) electrons. The van der Waals surface area contributed by atoms with Crippen molar-refractivity contribution in [1.29, 1.82) is 5.26 Å². The van der Waals surface area contributed by atoms with E-state index in [4.69, 9.17) is 9.68 Å². The molecule has 0 spiro atoms. The minimum atomic E-state index is 0.613. The third-order valence-corrected chi connectivity index (χ3v) is 4.98. The van der Waals surface area contributed by atoms with Crippen molar-refractivity contribution in [2.24, 2.45) is 7.05 Å². The summed E-state index contributed by atoms with van der Waals surface area (Å²) in [7, 11) is 2.07. The number of nitriles is 1. The lowest BCUT2D eigenvalue weighted by atomic mass is 9.99. The van der Waals surface area contributed by atoms with Gasteiger partial charge < -0.3 is 4.42 Å². The van der Waals surface area contributed by atoms with Gasteiger partial charge in [0.05, 0.1) is 17.2 Å². The van der Waals surface area contributed by atoms with Crippen LogP contribution < -0.4 is 4.57 Å². The van der Waals surface area contributed by atoms with Crippen molar-refractivity contribution < 1.29 is 8.98 Å². The topological polar surface area (TPSA) is 40.8 Å². The summed E-state index contributed by atoms with van der Waals surface area (Å²) in [6.45, 7) is 6.36. The first-order chi connectivity index (χ1) is 12.0. The van der Waals surface area contributed by atoms with Gasteiger partial charge in [-0.2, -0.15) is 5.26 Å². The first-order valence-corrected chi connectivity index (χ1v) is 8.33. The molecule has 0 saturated carbocycles. The minimum absolute atomic E-state index is 0.613. The number of hydrogen-bond acceptors (Lipinski definition) is 2. The predicted octanol–water partition coefficient (Wildman–Crippen LogP) is 4.87. The predicted molar refractivity (Wildman–Crippen MR) is 99.3 cm³/mol. The van der Waals surface area contributed by atoms with Crippen LogP contribution in [0.25, 0.3) is 33.2 Å². The zero-order valence-corrected chi connectivity index (χ0v) is 14.8. The van der Waals surface area contributed by atoms with Crippen molar-refractivity contribution in [2.75, 3.05) is 0 Å². The van der Waals surface area contributed by atoms with Crippen LogP contribution in [0.2, 0.25) is 0 Å². The van der Waals surface area contributed by atoms with Crippen molar-refractivity contribution >= 4 is 21.9 Å². The molecule has 0 atom stereocenters. The largest absolute Gasteiger partial charge is 0.455 e. The summed E-state index contributed by atoms with van der Waals surface area (Å²) < 4.78 is 8.37. The van der Waals surface area contributed by atoms with E-state index in [0.717, 1.165) is 33.2 Å². The molecule has 4 rings (SSSR count). The fraction of sp³-hybridized carbons (Fsp3) is 0.182. The van der Waals surface area contributed by atoms with Crippen LogP contribution in [0.3, 0.4) is 0 Å².